The number of hydrogen-bond donors (Lipinski definition) is 1. The highest BCUT2D eigenvalue weighted by Crippen LogP contribution is 2.26. The van der Waals surface area contributed by atoms with E-state index >= 15 is 0 Å². The quantitative estimate of drug-likeness (QED) is 0.931. The van der Waals surface area contributed by atoms with E-state index in [4.69, 9.17) is 21.4 Å². The molecule has 0 saturated heterocycles. The first-order chi connectivity index (χ1) is 9.47. The van der Waals surface area contributed by atoms with Gasteiger partial charge in [0, 0.05) is 5.56 Å². The summed E-state index contributed by atoms with van der Waals surface area (Å²) in [5, 5.41) is 9.05. The molecule has 0 aliphatic heterocycles. The van der Waals surface area contributed by atoms with Crippen molar-refractivity contribution in [3.05, 3.63) is 64.2 Å². The van der Waals surface area contributed by atoms with Gasteiger partial charge in [0.25, 0.3) is 0 Å². The van der Waals surface area contributed by atoms with Gasteiger partial charge in [0.1, 0.15) is 24.0 Å². The zero-order valence-electron chi connectivity index (χ0n) is 10.1. The molecule has 2 rings (SSSR count). The molecule has 0 atom stereocenters. The molecule has 1 N–H and O–H groups in total. The maximum atomic E-state index is 13.0. The monoisotopic (exact) mass is 298 g/mol. The highest BCUT2D eigenvalue weighted by molar-refractivity contribution is 6.32. The van der Waals surface area contributed by atoms with Crippen LogP contribution in [0.3, 0.4) is 0 Å². The molecule has 0 aliphatic rings. The van der Waals surface area contributed by atoms with Crippen LogP contribution in [0.2, 0.25) is 5.02 Å². The van der Waals surface area contributed by atoms with Crippen LogP contribution in [0.15, 0.2) is 36.4 Å². The van der Waals surface area contributed by atoms with E-state index in [1.807, 2.05) is 0 Å². The SMILES string of the molecule is O=C(O)c1cc(F)ccc1COc1ccc(F)cc1Cl. The average Bonchev–Trinajstić information content (AvgIpc) is 2.38. The van der Waals surface area contributed by atoms with Gasteiger partial charge in [-0.1, -0.05) is 17.7 Å². The molecule has 3 nitrogen and oxygen atoms in total. The molecule has 20 heavy (non-hydrogen) atoms. The minimum absolute atomic E-state index is 0.0731. The lowest BCUT2D eigenvalue weighted by Gasteiger charge is -2.10. The van der Waals surface area contributed by atoms with E-state index in [0.717, 1.165) is 18.2 Å². The highest BCUT2D eigenvalue weighted by atomic mass is 35.5. The third kappa shape index (κ3) is 3.24. The fraction of sp³-hybridized carbons (Fsp3) is 0.0714. The zero-order valence-corrected chi connectivity index (χ0v) is 10.8. The Kier molecular flexibility index (Phi) is 4.20. The molecular formula is C14H9ClF2O3. The van der Waals surface area contributed by atoms with Crippen LogP contribution >= 0.6 is 11.6 Å². The lowest BCUT2D eigenvalue weighted by Crippen LogP contribution is -2.06. The van der Waals surface area contributed by atoms with Gasteiger partial charge in [0.2, 0.25) is 0 Å². The number of rotatable bonds is 4. The largest absolute Gasteiger partial charge is 0.487 e. The lowest BCUT2D eigenvalue weighted by atomic mass is 10.1. The second-order valence-electron chi connectivity index (χ2n) is 3.97. The van der Waals surface area contributed by atoms with Gasteiger partial charge >= 0.3 is 5.97 Å². The molecule has 0 saturated carbocycles. The van der Waals surface area contributed by atoms with Crippen LogP contribution in [0.1, 0.15) is 15.9 Å². The van der Waals surface area contributed by atoms with E-state index in [2.05, 4.69) is 0 Å². The number of benzene rings is 2. The average molecular weight is 299 g/mol. The summed E-state index contributed by atoms with van der Waals surface area (Å²) in [4.78, 5) is 11.0. The molecule has 104 valence electrons. The molecule has 0 amide bonds. The molecule has 2 aromatic carbocycles. The molecule has 0 heterocycles. The molecule has 0 fully saturated rings. The summed E-state index contributed by atoms with van der Waals surface area (Å²) in [6.45, 7) is -0.118. The van der Waals surface area contributed by atoms with Gasteiger partial charge in [-0.05, 0) is 30.3 Å². The summed E-state index contributed by atoms with van der Waals surface area (Å²) in [5.41, 5.74) is 0.0996. The van der Waals surface area contributed by atoms with E-state index in [1.54, 1.807) is 0 Å². The van der Waals surface area contributed by atoms with Crippen LogP contribution < -0.4 is 4.74 Å². The van der Waals surface area contributed by atoms with E-state index in [9.17, 15) is 13.6 Å². The van der Waals surface area contributed by atoms with Gasteiger partial charge in [0.05, 0.1) is 10.6 Å². The molecular weight excluding hydrogens is 290 g/mol. The van der Waals surface area contributed by atoms with Gasteiger partial charge < -0.3 is 9.84 Å². The number of ether oxygens (including phenoxy) is 1. The number of carbonyl (C=O) groups is 1. The third-order valence-electron chi connectivity index (χ3n) is 2.58. The number of carboxylic acid groups (broad SMARTS) is 1. The van der Waals surface area contributed by atoms with Crippen molar-refractivity contribution in [2.75, 3.05) is 0 Å². The Morgan fingerprint density at radius 3 is 2.45 bits per heavy atom. The smallest absolute Gasteiger partial charge is 0.336 e. The number of halogens is 3. The van der Waals surface area contributed by atoms with E-state index in [1.165, 1.54) is 18.2 Å². The highest BCUT2D eigenvalue weighted by Gasteiger charge is 2.12. The summed E-state index contributed by atoms with van der Waals surface area (Å²) in [7, 11) is 0. The Hall–Kier alpha value is -2.14. The second-order valence-corrected chi connectivity index (χ2v) is 4.38. The first-order valence-electron chi connectivity index (χ1n) is 5.57. The Labute approximate surface area is 118 Å². The summed E-state index contributed by atoms with van der Waals surface area (Å²) in [6, 6.07) is 6.95. The maximum Gasteiger partial charge on any atom is 0.336 e. The summed E-state index contributed by atoms with van der Waals surface area (Å²) in [6.07, 6.45) is 0. The summed E-state index contributed by atoms with van der Waals surface area (Å²) in [5.74, 6) is -2.19. The minimum Gasteiger partial charge on any atom is -0.487 e. The molecule has 0 aliphatic carbocycles. The van der Waals surface area contributed by atoms with Gasteiger partial charge in [-0.3, -0.25) is 0 Å². The lowest BCUT2D eigenvalue weighted by molar-refractivity contribution is 0.0693. The van der Waals surface area contributed by atoms with Crippen LogP contribution in [-0.2, 0) is 6.61 Å². The molecule has 0 spiro atoms. The van der Waals surface area contributed by atoms with E-state index in [0.29, 0.717) is 5.56 Å². The Bertz CT molecular complexity index is 659. The van der Waals surface area contributed by atoms with Crippen molar-refractivity contribution < 1.29 is 23.4 Å². The van der Waals surface area contributed by atoms with Crippen LogP contribution in [-0.4, -0.2) is 11.1 Å². The van der Waals surface area contributed by atoms with Gasteiger partial charge in [-0.25, -0.2) is 13.6 Å². The first-order valence-corrected chi connectivity index (χ1v) is 5.95. The van der Waals surface area contributed by atoms with Crippen molar-refractivity contribution >= 4 is 17.6 Å². The standard InChI is InChI=1S/C14H9ClF2O3/c15-12-6-10(17)3-4-13(12)20-7-8-1-2-9(16)5-11(8)14(18)19/h1-6H,7H2,(H,18,19). The molecule has 0 aromatic heterocycles. The predicted octanol–water partition coefficient (Wildman–Crippen LogP) is 3.90. The fourth-order valence-corrected chi connectivity index (χ4v) is 1.84. The Balaban J connectivity index is 2.20. The summed E-state index contributed by atoms with van der Waals surface area (Å²) < 4.78 is 31.2. The van der Waals surface area contributed by atoms with Crippen molar-refractivity contribution in [1.29, 1.82) is 0 Å². The van der Waals surface area contributed by atoms with Crippen molar-refractivity contribution in [2.45, 2.75) is 6.61 Å². The van der Waals surface area contributed by atoms with Crippen molar-refractivity contribution in [1.82, 2.24) is 0 Å². The number of aromatic carboxylic acids is 1. The molecule has 0 bridgehead atoms. The number of hydrogen-bond acceptors (Lipinski definition) is 2. The predicted molar refractivity (Wildman–Crippen MR) is 69.1 cm³/mol. The second kappa shape index (κ2) is 5.88. The van der Waals surface area contributed by atoms with Crippen LogP contribution in [0, 0.1) is 11.6 Å². The Morgan fingerprint density at radius 1 is 1.15 bits per heavy atom. The zero-order chi connectivity index (χ0) is 14.7. The fourth-order valence-electron chi connectivity index (χ4n) is 1.62. The van der Waals surface area contributed by atoms with E-state index < -0.39 is 17.6 Å². The van der Waals surface area contributed by atoms with E-state index in [-0.39, 0.29) is 22.9 Å². The molecule has 6 heteroatoms. The molecule has 2 aromatic rings. The third-order valence-corrected chi connectivity index (χ3v) is 2.87. The van der Waals surface area contributed by atoms with Crippen LogP contribution in [0.4, 0.5) is 8.78 Å². The van der Waals surface area contributed by atoms with Crippen LogP contribution in [0.25, 0.3) is 0 Å². The van der Waals surface area contributed by atoms with Crippen molar-refractivity contribution in [3.8, 4) is 5.75 Å². The van der Waals surface area contributed by atoms with Crippen molar-refractivity contribution in [3.63, 3.8) is 0 Å². The molecule has 0 unspecified atom stereocenters. The normalized spacial score (nSPS) is 10.3. The van der Waals surface area contributed by atoms with Crippen LogP contribution in [0.5, 0.6) is 5.75 Å². The van der Waals surface area contributed by atoms with Crippen molar-refractivity contribution in [2.24, 2.45) is 0 Å². The maximum absolute atomic E-state index is 13.0. The van der Waals surface area contributed by atoms with Gasteiger partial charge in [-0.2, -0.15) is 0 Å². The van der Waals surface area contributed by atoms with Gasteiger partial charge in [-0.15, -0.1) is 0 Å². The Morgan fingerprint density at radius 2 is 1.80 bits per heavy atom. The first kappa shape index (κ1) is 14.3. The molecule has 0 radical (unpaired) electrons. The van der Waals surface area contributed by atoms with Gasteiger partial charge in [0.15, 0.2) is 0 Å². The minimum atomic E-state index is -1.26. The topological polar surface area (TPSA) is 46.5 Å². The summed E-state index contributed by atoms with van der Waals surface area (Å²) >= 11 is 5.78. The number of carboxylic acids is 1.